The Balaban J connectivity index is 1.47. The minimum absolute atomic E-state index is 0.0871. The Hall–Kier alpha value is -3.58. The smallest absolute Gasteiger partial charge is 0.293 e. The second-order valence-corrected chi connectivity index (χ2v) is 8.64. The topological polar surface area (TPSA) is 80.5 Å². The van der Waals surface area contributed by atoms with Gasteiger partial charge in [-0.15, -0.1) is 11.3 Å². The first kappa shape index (κ1) is 21.6. The Bertz CT molecular complexity index is 1150. The van der Waals surface area contributed by atoms with Gasteiger partial charge < -0.3 is 4.90 Å². The van der Waals surface area contributed by atoms with Crippen molar-refractivity contribution in [3.63, 3.8) is 0 Å². The van der Waals surface area contributed by atoms with Gasteiger partial charge in [0.15, 0.2) is 11.6 Å². The Morgan fingerprint density at radius 3 is 2.41 bits per heavy atom. The number of rotatable bonds is 7. The van der Waals surface area contributed by atoms with E-state index in [1.807, 2.05) is 52.7 Å². The summed E-state index contributed by atoms with van der Waals surface area (Å²) in [6, 6.07) is 17.6. The highest BCUT2D eigenvalue weighted by Gasteiger charge is 2.29. The molecule has 1 fully saturated rings. The van der Waals surface area contributed by atoms with Gasteiger partial charge in [0.1, 0.15) is 5.69 Å². The molecule has 3 aromatic rings. The van der Waals surface area contributed by atoms with Crippen molar-refractivity contribution in [1.82, 2.24) is 0 Å². The lowest BCUT2D eigenvalue weighted by Crippen LogP contribution is -2.36. The number of anilines is 1. The fourth-order valence-electron chi connectivity index (χ4n) is 3.95. The highest BCUT2D eigenvalue weighted by Crippen LogP contribution is 2.33. The summed E-state index contributed by atoms with van der Waals surface area (Å²) in [6.45, 7) is 1.10. The average Bonchev–Trinajstić information content (AvgIpc) is 3.36. The van der Waals surface area contributed by atoms with E-state index in [9.17, 15) is 19.7 Å². The minimum atomic E-state index is -0.448. The van der Waals surface area contributed by atoms with Gasteiger partial charge in [-0.1, -0.05) is 36.4 Å². The molecule has 1 aromatic heterocycles. The van der Waals surface area contributed by atoms with Crippen LogP contribution < -0.4 is 4.90 Å². The molecule has 0 bridgehead atoms. The summed E-state index contributed by atoms with van der Waals surface area (Å²) >= 11 is 1.51. The highest BCUT2D eigenvalue weighted by molar-refractivity contribution is 7.10. The van der Waals surface area contributed by atoms with E-state index in [0.29, 0.717) is 37.2 Å². The van der Waals surface area contributed by atoms with Crippen LogP contribution in [-0.4, -0.2) is 29.6 Å². The molecule has 0 atom stereocenters. The largest absolute Gasteiger partial charge is 0.366 e. The van der Waals surface area contributed by atoms with Crippen LogP contribution in [0, 0.1) is 16.0 Å². The van der Waals surface area contributed by atoms with Gasteiger partial charge in [0.25, 0.3) is 5.69 Å². The average molecular weight is 447 g/mol. The van der Waals surface area contributed by atoms with Crippen molar-refractivity contribution in [2.24, 2.45) is 5.92 Å². The molecule has 0 spiro atoms. The van der Waals surface area contributed by atoms with Gasteiger partial charge in [0, 0.05) is 41.1 Å². The molecule has 1 aliphatic heterocycles. The van der Waals surface area contributed by atoms with Crippen LogP contribution in [0.5, 0.6) is 0 Å². The van der Waals surface area contributed by atoms with Gasteiger partial charge in [-0.25, -0.2) is 0 Å². The molecule has 0 aliphatic carbocycles. The Morgan fingerprint density at radius 1 is 1.00 bits per heavy atom. The van der Waals surface area contributed by atoms with E-state index < -0.39 is 4.92 Å². The maximum atomic E-state index is 12.7. The van der Waals surface area contributed by atoms with Crippen LogP contribution in [0.3, 0.4) is 0 Å². The summed E-state index contributed by atoms with van der Waals surface area (Å²) in [5, 5.41) is 13.7. The number of benzene rings is 2. The van der Waals surface area contributed by atoms with Crippen molar-refractivity contribution in [3.05, 3.63) is 98.2 Å². The van der Waals surface area contributed by atoms with Crippen LogP contribution in [0.1, 0.15) is 38.4 Å². The standard InChI is InChI=1S/C25H22N2O4S/c28-24(11-9-21-7-4-16-32-21)20-8-10-22(23(17-20)27(30)31)26-14-12-19(13-15-26)25(29)18-5-2-1-3-6-18/h1-11,16-17,19H,12-15H2/b11-9-. The van der Waals surface area contributed by atoms with Crippen LogP contribution in [-0.2, 0) is 0 Å². The normalized spacial score (nSPS) is 14.6. The minimum Gasteiger partial charge on any atom is -0.366 e. The second-order valence-electron chi connectivity index (χ2n) is 7.67. The SMILES string of the molecule is O=C(/C=C\c1cccs1)c1ccc(N2CCC(C(=O)c3ccccc3)CC2)c([N+](=O)[O-])c1. The third-order valence-corrected chi connectivity index (χ3v) is 6.50. The van der Waals surface area contributed by atoms with Crippen molar-refractivity contribution >= 4 is 40.4 Å². The summed E-state index contributed by atoms with van der Waals surface area (Å²) < 4.78 is 0. The molecule has 7 heteroatoms. The van der Waals surface area contributed by atoms with Gasteiger partial charge in [-0.2, -0.15) is 0 Å². The van der Waals surface area contributed by atoms with Gasteiger partial charge >= 0.3 is 0 Å². The van der Waals surface area contributed by atoms with Crippen molar-refractivity contribution in [1.29, 1.82) is 0 Å². The lowest BCUT2D eigenvalue weighted by Gasteiger charge is -2.32. The van der Waals surface area contributed by atoms with Gasteiger partial charge in [0.2, 0.25) is 0 Å². The summed E-state index contributed by atoms with van der Waals surface area (Å²) in [7, 11) is 0. The van der Waals surface area contributed by atoms with E-state index in [4.69, 9.17) is 0 Å². The van der Waals surface area contributed by atoms with Crippen LogP contribution in [0.2, 0.25) is 0 Å². The molecular formula is C25H22N2O4S. The number of hydrogen-bond donors (Lipinski definition) is 0. The van der Waals surface area contributed by atoms with Crippen molar-refractivity contribution in [3.8, 4) is 0 Å². The molecule has 0 unspecified atom stereocenters. The zero-order valence-corrected chi connectivity index (χ0v) is 18.2. The lowest BCUT2D eigenvalue weighted by atomic mass is 9.88. The van der Waals surface area contributed by atoms with Crippen LogP contribution in [0.25, 0.3) is 6.08 Å². The van der Waals surface area contributed by atoms with Crippen LogP contribution >= 0.6 is 11.3 Å². The Kier molecular flexibility index (Phi) is 6.56. The number of Topliss-reactive ketones (excluding diaryl/α,β-unsaturated/α-hetero) is 1. The second kappa shape index (κ2) is 9.70. The Morgan fingerprint density at radius 2 is 1.75 bits per heavy atom. The van der Waals surface area contributed by atoms with E-state index >= 15 is 0 Å². The molecule has 1 saturated heterocycles. The molecule has 2 aromatic carbocycles. The Labute approximate surface area is 190 Å². The number of nitro benzene ring substituents is 1. The molecule has 0 N–H and O–H groups in total. The fourth-order valence-corrected chi connectivity index (χ4v) is 4.57. The van der Waals surface area contributed by atoms with Crippen LogP contribution in [0.15, 0.2) is 72.1 Å². The molecule has 4 rings (SSSR count). The molecule has 0 amide bonds. The van der Waals surface area contributed by atoms with E-state index in [2.05, 4.69) is 0 Å². The van der Waals surface area contributed by atoms with E-state index in [-0.39, 0.29) is 28.7 Å². The molecule has 0 saturated carbocycles. The summed E-state index contributed by atoms with van der Waals surface area (Å²) in [4.78, 5) is 39.4. The predicted octanol–water partition coefficient (Wildman–Crippen LogP) is 5.65. The molecule has 2 heterocycles. The first-order valence-corrected chi connectivity index (χ1v) is 11.3. The van der Waals surface area contributed by atoms with Crippen molar-refractivity contribution in [2.75, 3.05) is 18.0 Å². The highest BCUT2D eigenvalue weighted by atomic mass is 32.1. The maximum Gasteiger partial charge on any atom is 0.293 e. The fraction of sp³-hybridized carbons (Fsp3) is 0.200. The molecule has 0 radical (unpaired) electrons. The predicted molar refractivity (Wildman–Crippen MR) is 126 cm³/mol. The molecule has 162 valence electrons. The zero-order chi connectivity index (χ0) is 22.5. The lowest BCUT2D eigenvalue weighted by molar-refractivity contribution is -0.384. The maximum absolute atomic E-state index is 12.7. The number of carbonyl (C=O) groups is 2. The number of nitrogens with zero attached hydrogens (tertiary/aromatic N) is 2. The first-order chi connectivity index (χ1) is 15.5. The number of nitro groups is 1. The third kappa shape index (κ3) is 4.84. The molecule has 32 heavy (non-hydrogen) atoms. The van der Waals surface area contributed by atoms with Crippen molar-refractivity contribution < 1.29 is 14.5 Å². The first-order valence-electron chi connectivity index (χ1n) is 10.4. The number of ketones is 2. The molecule has 6 nitrogen and oxygen atoms in total. The number of allylic oxidation sites excluding steroid dienone is 1. The van der Waals surface area contributed by atoms with Gasteiger partial charge in [-0.05, 0) is 48.6 Å². The van der Waals surface area contributed by atoms with E-state index in [1.165, 1.54) is 23.5 Å². The quantitative estimate of drug-likeness (QED) is 0.203. The van der Waals surface area contributed by atoms with E-state index in [1.54, 1.807) is 18.2 Å². The number of thiophene rings is 1. The van der Waals surface area contributed by atoms with Gasteiger partial charge in [0.05, 0.1) is 4.92 Å². The summed E-state index contributed by atoms with van der Waals surface area (Å²) in [5.74, 6) is -0.241. The van der Waals surface area contributed by atoms with E-state index in [0.717, 1.165) is 4.88 Å². The van der Waals surface area contributed by atoms with Gasteiger partial charge in [-0.3, -0.25) is 19.7 Å². The zero-order valence-electron chi connectivity index (χ0n) is 17.3. The number of hydrogen-bond acceptors (Lipinski definition) is 6. The summed E-state index contributed by atoms with van der Waals surface area (Å²) in [5.41, 5.74) is 1.38. The monoisotopic (exact) mass is 446 g/mol. The number of carbonyl (C=O) groups excluding carboxylic acids is 2. The van der Waals surface area contributed by atoms with Crippen LogP contribution in [0.4, 0.5) is 11.4 Å². The molecular weight excluding hydrogens is 424 g/mol. The summed E-state index contributed by atoms with van der Waals surface area (Å²) in [6.07, 6.45) is 4.41. The third-order valence-electron chi connectivity index (χ3n) is 5.66. The number of piperidine rings is 1. The molecule has 1 aliphatic rings. The van der Waals surface area contributed by atoms with Crippen molar-refractivity contribution in [2.45, 2.75) is 12.8 Å².